The molecule has 3 aromatic rings. The summed E-state index contributed by atoms with van der Waals surface area (Å²) in [6.07, 6.45) is 2.54. The highest BCUT2D eigenvalue weighted by atomic mass is 35.5. The summed E-state index contributed by atoms with van der Waals surface area (Å²) in [6, 6.07) is 18.3. The van der Waals surface area contributed by atoms with Crippen molar-refractivity contribution in [2.75, 3.05) is 16.8 Å². The average molecular weight is 512 g/mol. The highest BCUT2D eigenvalue weighted by Gasteiger charge is 2.29. The Morgan fingerprint density at radius 2 is 1.83 bits per heavy atom. The van der Waals surface area contributed by atoms with E-state index in [1.807, 2.05) is 23.1 Å². The van der Waals surface area contributed by atoms with Crippen LogP contribution in [0.4, 0.5) is 11.4 Å². The van der Waals surface area contributed by atoms with Crippen LogP contribution in [-0.2, 0) is 14.8 Å². The second-order valence-electron chi connectivity index (χ2n) is 8.39. The van der Waals surface area contributed by atoms with Crippen LogP contribution in [0, 0.1) is 5.41 Å². The number of nitrogen functional groups attached to an aromatic ring is 1. The topological polar surface area (TPSA) is 142 Å². The molecule has 6 N–H and O–H groups in total. The minimum atomic E-state index is -3.92. The van der Waals surface area contributed by atoms with Crippen molar-refractivity contribution >= 4 is 44.7 Å². The third-order valence-corrected chi connectivity index (χ3v) is 7.31. The molecule has 8 nitrogen and oxygen atoms in total. The third-order valence-electron chi connectivity index (χ3n) is 6.03. The van der Waals surface area contributed by atoms with Crippen LogP contribution in [0.5, 0.6) is 0 Å². The number of amidine groups is 1. The molecule has 0 aliphatic carbocycles. The highest BCUT2D eigenvalue weighted by molar-refractivity contribution is 7.89. The fourth-order valence-electron chi connectivity index (χ4n) is 4.32. The van der Waals surface area contributed by atoms with E-state index in [1.54, 1.807) is 42.5 Å². The van der Waals surface area contributed by atoms with Crippen molar-refractivity contribution in [1.82, 2.24) is 0 Å². The van der Waals surface area contributed by atoms with Crippen molar-refractivity contribution < 1.29 is 13.2 Å². The number of benzene rings is 3. The van der Waals surface area contributed by atoms with Crippen LogP contribution < -0.4 is 21.1 Å². The summed E-state index contributed by atoms with van der Waals surface area (Å²) in [4.78, 5) is 15.3. The van der Waals surface area contributed by atoms with Crippen LogP contribution in [0.15, 0.2) is 71.6 Å². The Kier molecular flexibility index (Phi) is 7.11. The third kappa shape index (κ3) is 5.48. The first-order chi connectivity index (χ1) is 16.6. The van der Waals surface area contributed by atoms with Gasteiger partial charge in [-0.15, -0.1) is 0 Å². The summed E-state index contributed by atoms with van der Waals surface area (Å²) in [5, 5.41) is 16.3. The zero-order valence-corrected chi connectivity index (χ0v) is 20.4. The van der Waals surface area contributed by atoms with Gasteiger partial charge in [-0.1, -0.05) is 48.0 Å². The highest BCUT2D eigenvalue weighted by Crippen LogP contribution is 2.33. The molecule has 0 bridgehead atoms. The quantitative estimate of drug-likeness (QED) is 0.293. The van der Waals surface area contributed by atoms with Crippen LogP contribution in [0.3, 0.4) is 0 Å². The molecule has 0 spiro atoms. The first-order valence-electron chi connectivity index (χ1n) is 11.1. The zero-order chi connectivity index (χ0) is 25.2. The van der Waals surface area contributed by atoms with Crippen molar-refractivity contribution in [2.45, 2.75) is 30.2 Å². The molecule has 3 aromatic carbocycles. The molecule has 182 valence electrons. The van der Waals surface area contributed by atoms with Crippen LogP contribution in [-0.4, -0.2) is 32.7 Å². The Balaban J connectivity index is 1.58. The zero-order valence-electron chi connectivity index (χ0n) is 18.9. The number of sulfonamides is 1. The number of halogens is 1. The Bertz CT molecular complexity index is 1390. The summed E-state index contributed by atoms with van der Waals surface area (Å²) >= 11 is 6.49. The number of rotatable bonds is 6. The van der Waals surface area contributed by atoms with Gasteiger partial charge in [-0.2, -0.15) is 0 Å². The fraction of sp³-hybridized carbons (Fsp3) is 0.200. The van der Waals surface area contributed by atoms with Crippen LogP contribution in [0.25, 0.3) is 11.1 Å². The predicted molar refractivity (Wildman–Crippen MR) is 139 cm³/mol. The van der Waals surface area contributed by atoms with Gasteiger partial charge in [0.15, 0.2) is 0 Å². The molecule has 0 saturated carbocycles. The van der Waals surface area contributed by atoms with Gasteiger partial charge in [-0.05, 0) is 55.2 Å². The molecular formula is C25H26ClN5O3S. The molecule has 1 fully saturated rings. The van der Waals surface area contributed by atoms with Gasteiger partial charge in [-0.3, -0.25) is 10.2 Å². The standard InChI is InChI=1S/C25H26ClN5O3S/c26-20-15-16(19-8-1-2-10-23(19)35(29,33)34)11-12-21(20)30-25(32)22-9-3-4-13-31(22)18-7-5-6-17(14-18)24(27)28/h1-2,5-8,10-12,14-15,22H,3-4,9,13H2,(H3,27,28)(H,30,32)(H2,29,33,34). The Hall–Kier alpha value is -3.40. The molecule has 4 rings (SSSR count). The molecule has 0 radical (unpaired) electrons. The lowest BCUT2D eigenvalue weighted by atomic mass is 9.99. The minimum absolute atomic E-state index is 0.00140. The lowest BCUT2D eigenvalue weighted by molar-refractivity contribution is -0.117. The van der Waals surface area contributed by atoms with Gasteiger partial charge < -0.3 is 16.0 Å². The van der Waals surface area contributed by atoms with E-state index in [4.69, 9.17) is 27.9 Å². The van der Waals surface area contributed by atoms with Crippen LogP contribution in [0.1, 0.15) is 24.8 Å². The van der Waals surface area contributed by atoms with Crippen molar-refractivity contribution in [3.63, 3.8) is 0 Å². The first-order valence-corrected chi connectivity index (χ1v) is 13.0. The smallest absolute Gasteiger partial charge is 0.247 e. The van der Waals surface area contributed by atoms with Crippen LogP contribution in [0.2, 0.25) is 5.02 Å². The van der Waals surface area contributed by atoms with Gasteiger partial charge in [-0.25, -0.2) is 13.6 Å². The molecule has 10 heteroatoms. The van der Waals surface area contributed by atoms with Gasteiger partial charge in [0.05, 0.1) is 15.6 Å². The maximum atomic E-state index is 13.3. The van der Waals surface area contributed by atoms with E-state index in [1.165, 1.54) is 6.07 Å². The molecule has 1 aliphatic heterocycles. The van der Waals surface area contributed by atoms with Crippen molar-refractivity contribution in [1.29, 1.82) is 5.41 Å². The van der Waals surface area contributed by atoms with Gasteiger partial charge in [0, 0.05) is 23.4 Å². The van der Waals surface area contributed by atoms with E-state index in [-0.39, 0.29) is 21.7 Å². The molecule has 1 amide bonds. The number of hydrogen-bond acceptors (Lipinski definition) is 5. The maximum absolute atomic E-state index is 13.3. The van der Waals surface area contributed by atoms with Gasteiger partial charge in [0.25, 0.3) is 0 Å². The van der Waals surface area contributed by atoms with E-state index in [9.17, 15) is 13.2 Å². The van der Waals surface area contributed by atoms with E-state index < -0.39 is 16.1 Å². The lowest BCUT2D eigenvalue weighted by Crippen LogP contribution is -2.47. The Morgan fingerprint density at radius 1 is 1.06 bits per heavy atom. The number of anilines is 2. The van der Waals surface area contributed by atoms with Gasteiger partial charge >= 0.3 is 0 Å². The maximum Gasteiger partial charge on any atom is 0.247 e. The number of nitrogens with zero attached hydrogens (tertiary/aromatic N) is 1. The molecule has 1 saturated heterocycles. The van der Waals surface area contributed by atoms with Crippen molar-refractivity contribution in [3.05, 3.63) is 77.3 Å². The molecule has 35 heavy (non-hydrogen) atoms. The number of carbonyl (C=O) groups excluding carboxylic acids is 1. The van der Waals surface area contributed by atoms with Gasteiger partial charge in [0.2, 0.25) is 15.9 Å². The summed E-state index contributed by atoms with van der Waals surface area (Å²) < 4.78 is 23.9. The summed E-state index contributed by atoms with van der Waals surface area (Å²) in [5.41, 5.74) is 8.50. The SMILES string of the molecule is N=C(N)c1cccc(N2CCCCC2C(=O)Nc2ccc(-c3ccccc3S(N)(=O)=O)cc2Cl)c1. The minimum Gasteiger partial charge on any atom is -0.384 e. The van der Waals surface area contributed by atoms with Crippen LogP contribution >= 0.6 is 11.6 Å². The number of amides is 1. The summed E-state index contributed by atoms with van der Waals surface area (Å²) in [6.45, 7) is 0.705. The first kappa shape index (κ1) is 24.7. The van der Waals surface area contributed by atoms with E-state index in [2.05, 4.69) is 5.32 Å². The number of nitrogens with one attached hydrogen (secondary N) is 2. The van der Waals surface area contributed by atoms with Crippen molar-refractivity contribution in [2.24, 2.45) is 10.9 Å². The molecule has 1 atom stereocenters. The fourth-order valence-corrected chi connectivity index (χ4v) is 5.31. The predicted octanol–water partition coefficient (Wildman–Crippen LogP) is 3.94. The molecule has 0 aromatic heterocycles. The number of hydrogen-bond donors (Lipinski definition) is 4. The van der Waals surface area contributed by atoms with Crippen molar-refractivity contribution in [3.8, 4) is 11.1 Å². The summed E-state index contributed by atoms with van der Waals surface area (Å²) in [5.74, 6) is -0.224. The number of piperidine rings is 1. The lowest BCUT2D eigenvalue weighted by Gasteiger charge is -2.36. The molecule has 1 unspecified atom stereocenters. The Morgan fingerprint density at radius 3 is 2.54 bits per heavy atom. The number of primary sulfonamides is 1. The second-order valence-corrected chi connectivity index (χ2v) is 10.3. The molecular weight excluding hydrogens is 486 g/mol. The Labute approximate surface area is 209 Å². The van der Waals surface area contributed by atoms with E-state index in [0.717, 1.165) is 18.5 Å². The monoisotopic (exact) mass is 511 g/mol. The summed E-state index contributed by atoms with van der Waals surface area (Å²) in [7, 11) is -3.92. The largest absolute Gasteiger partial charge is 0.384 e. The average Bonchev–Trinajstić information content (AvgIpc) is 2.84. The normalized spacial score (nSPS) is 16.1. The molecule has 1 heterocycles. The van der Waals surface area contributed by atoms with E-state index >= 15 is 0 Å². The van der Waals surface area contributed by atoms with Gasteiger partial charge in [0.1, 0.15) is 11.9 Å². The second kappa shape index (κ2) is 10.1. The number of nitrogens with two attached hydrogens (primary N) is 2. The van der Waals surface area contributed by atoms with E-state index in [0.29, 0.717) is 35.3 Å². The number of carbonyl (C=O) groups is 1. The molecule has 1 aliphatic rings.